The van der Waals surface area contributed by atoms with Crippen molar-refractivity contribution >= 4 is 205 Å². The van der Waals surface area contributed by atoms with Crippen LogP contribution in [0.25, 0.3) is 204 Å². The van der Waals surface area contributed by atoms with Crippen LogP contribution in [0.1, 0.15) is 25.0 Å². The minimum atomic E-state index is -0.0664. The molecule has 4 aromatic heterocycles. The van der Waals surface area contributed by atoms with Gasteiger partial charge < -0.3 is 18.9 Å². The number of hydrogen-bond acceptors (Lipinski definition) is 4. The van der Waals surface area contributed by atoms with Crippen molar-refractivity contribution in [3.05, 3.63) is 460 Å². The number of hydrogen-bond donors (Lipinski definition) is 0. The van der Waals surface area contributed by atoms with Crippen LogP contribution in [-0.2, 0) is 5.41 Å². The summed E-state index contributed by atoms with van der Waals surface area (Å²) in [5, 5.41) is 25.4. The number of benzene rings is 22. The maximum atomic E-state index is 2.46. The standard InChI is InChI=1S/C69H46N2S.C54H34N2S/c1-69(2)63-22-12-10-20-56(63)57-33-26-46(40-64(57)69)45-28-36-66-61(39-45)60-38-44(27-35-65(60)71(66)47-14-4-3-5-15-47)43-24-29-48(30-25-43)70(50-32-37-68-62(42-50)58-21-11-13-23-67(58)72-68)49-31-34-55-53-18-7-6-16-51(53)52-17-8-9-19-54(52)59(55)41-49;1-2-13-37(14-3-1)56-50-22-10-8-19-45(50)49-33-36(27-32-51(49)56)35-25-28-38(29-26-35)55(52-23-12-21-47-46-20-9-11-24-53(46)57-54(47)52)39-30-31-44-42-17-5-4-15-40(42)41-16-6-7-18-43(41)48(44)34-39/h3-42H,1-2H3;1-34H. The molecule has 0 saturated heterocycles. The van der Waals surface area contributed by atoms with Crippen molar-refractivity contribution in [1.29, 1.82) is 0 Å². The summed E-state index contributed by atoms with van der Waals surface area (Å²) in [5.74, 6) is 0. The Morgan fingerprint density at radius 3 is 1.07 bits per heavy atom. The molecule has 27 rings (SSSR count). The highest BCUT2D eigenvalue weighted by Gasteiger charge is 2.36. The third kappa shape index (κ3) is 11.9. The maximum Gasteiger partial charge on any atom is 0.0640 e. The number of aromatic nitrogens is 2. The molecule has 22 aromatic carbocycles. The molecule has 0 atom stereocenters. The van der Waals surface area contributed by atoms with Crippen LogP contribution < -0.4 is 9.80 Å². The first-order chi connectivity index (χ1) is 63.7. The molecule has 0 fully saturated rings. The predicted octanol–water partition coefficient (Wildman–Crippen LogP) is 35.5. The van der Waals surface area contributed by atoms with Gasteiger partial charge in [0.05, 0.1) is 32.5 Å². The third-order valence-corrected chi connectivity index (χ3v) is 29.9. The van der Waals surface area contributed by atoms with Crippen molar-refractivity contribution in [3.63, 3.8) is 0 Å². The second-order valence-electron chi connectivity index (χ2n) is 34.9. The van der Waals surface area contributed by atoms with Crippen LogP contribution in [0.3, 0.4) is 0 Å². The lowest BCUT2D eigenvalue weighted by molar-refractivity contribution is 0.660. The van der Waals surface area contributed by atoms with Gasteiger partial charge in [-0.1, -0.05) is 305 Å². The average Bonchev–Trinajstić information content (AvgIpc) is 1.61. The Morgan fingerprint density at radius 1 is 0.194 bits per heavy atom. The molecular weight excluding hydrogens is 1600 g/mol. The normalized spacial score (nSPS) is 12.5. The summed E-state index contributed by atoms with van der Waals surface area (Å²) in [4.78, 5) is 4.90. The van der Waals surface area contributed by atoms with Crippen LogP contribution in [0.2, 0.25) is 0 Å². The van der Waals surface area contributed by atoms with Gasteiger partial charge in [0.1, 0.15) is 0 Å². The Hall–Kier alpha value is -16.0. The minimum absolute atomic E-state index is 0.0664. The van der Waals surface area contributed by atoms with Gasteiger partial charge in [0.25, 0.3) is 0 Å². The largest absolute Gasteiger partial charge is 0.310 e. The van der Waals surface area contributed by atoms with Gasteiger partial charge in [-0.3, -0.25) is 0 Å². The van der Waals surface area contributed by atoms with Crippen molar-refractivity contribution in [3.8, 4) is 55.9 Å². The first-order valence-electron chi connectivity index (χ1n) is 44.5. The van der Waals surface area contributed by atoms with E-state index in [9.17, 15) is 0 Å². The van der Waals surface area contributed by atoms with E-state index in [2.05, 4.69) is 482 Å². The number of fused-ring (bicyclic) bond motifs is 27. The van der Waals surface area contributed by atoms with E-state index < -0.39 is 0 Å². The Morgan fingerprint density at radius 2 is 0.535 bits per heavy atom. The zero-order valence-corrected chi connectivity index (χ0v) is 72.5. The van der Waals surface area contributed by atoms with E-state index in [-0.39, 0.29) is 5.41 Å². The van der Waals surface area contributed by atoms with Crippen LogP contribution in [-0.4, -0.2) is 9.13 Å². The summed E-state index contributed by atoms with van der Waals surface area (Å²) in [7, 11) is 0. The smallest absolute Gasteiger partial charge is 0.0640 e. The van der Waals surface area contributed by atoms with Crippen LogP contribution in [0, 0.1) is 0 Å². The molecule has 1 aliphatic rings. The molecule has 26 aromatic rings. The van der Waals surface area contributed by atoms with Gasteiger partial charge >= 0.3 is 0 Å². The van der Waals surface area contributed by atoms with Crippen molar-refractivity contribution in [1.82, 2.24) is 9.13 Å². The number of anilines is 6. The molecule has 0 spiro atoms. The topological polar surface area (TPSA) is 16.3 Å². The molecule has 0 bridgehead atoms. The minimum Gasteiger partial charge on any atom is -0.310 e. The molecule has 4 nitrogen and oxygen atoms in total. The second-order valence-corrected chi connectivity index (χ2v) is 37.1. The SMILES string of the molecule is CC1(C)c2ccccc2-c2ccc(-c3ccc4c(c3)c3cc(-c5ccc(N(c6ccc7sc8ccccc8c7c6)c6ccc7c8ccccc8c8ccccc8c7c6)cc5)ccc3n4-c3ccccc3)cc21.c1ccc(-n2c3ccccc3c3cc(-c4ccc(N(c5ccc6c7ccccc7c7ccccc7c6c5)c5cccc6c5sc5ccccc56)cc4)ccc32)cc1. The fourth-order valence-corrected chi connectivity index (χ4v) is 23.7. The van der Waals surface area contributed by atoms with E-state index in [1.54, 1.807) is 0 Å². The Kier molecular flexibility index (Phi) is 17.1. The molecule has 0 saturated carbocycles. The number of thiophene rings is 2. The lowest BCUT2D eigenvalue weighted by Crippen LogP contribution is -2.14. The van der Waals surface area contributed by atoms with E-state index in [1.165, 1.54) is 216 Å². The quantitative estimate of drug-likeness (QED) is 0.120. The van der Waals surface area contributed by atoms with Crippen LogP contribution in [0.15, 0.2) is 449 Å². The van der Waals surface area contributed by atoms with Gasteiger partial charge in [0, 0.05) is 102 Å². The van der Waals surface area contributed by atoms with Gasteiger partial charge in [-0.2, -0.15) is 0 Å². The summed E-state index contributed by atoms with van der Waals surface area (Å²) < 4.78 is 9.99. The molecule has 4 heterocycles. The zero-order valence-electron chi connectivity index (χ0n) is 70.8. The fourth-order valence-electron chi connectivity index (χ4n) is 21.4. The maximum absolute atomic E-state index is 2.46. The molecule has 0 unspecified atom stereocenters. The first-order valence-corrected chi connectivity index (χ1v) is 46.1. The Labute approximate surface area is 753 Å². The molecule has 0 aliphatic heterocycles. The van der Waals surface area contributed by atoms with E-state index in [1.807, 2.05) is 22.7 Å². The van der Waals surface area contributed by atoms with Crippen LogP contribution in [0.5, 0.6) is 0 Å². The summed E-state index contributed by atoms with van der Waals surface area (Å²) in [5.41, 5.74) is 26.6. The van der Waals surface area contributed by atoms with Crippen molar-refractivity contribution < 1.29 is 0 Å². The van der Waals surface area contributed by atoms with E-state index in [4.69, 9.17) is 0 Å². The molecule has 0 N–H and O–H groups in total. The summed E-state index contributed by atoms with van der Waals surface area (Å²) in [6, 6.07) is 166. The Bertz CT molecular complexity index is 9030. The van der Waals surface area contributed by atoms with Gasteiger partial charge in [-0.15, -0.1) is 22.7 Å². The van der Waals surface area contributed by atoms with Gasteiger partial charge in [-0.25, -0.2) is 0 Å². The molecule has 0 radical (unpaired) electrons. The van der Waals surface area contributed by atoms with Gasteiger partial charge in [-0.05, 0) is 278 Å². The molecule has 6 heteroatoms. The van der Waals surface area contributed by atoms with Gasteiger partial charge in [0.2, 0.25) is 0 Å². The lowest BCUT2D eigenvalue weighted by atomic mass is 9.81. The van der Waals surface area contributed by atoms with Gasteiger partial charge in [0.15, 0.2) is 0 Å². The predicted molar refractivity (Wildman–Crippen MR) is 556 cm³/mol. The summed E-state index contributed by atoms with van der Waals surface area (Å²) in [6.45, 7) is 4.73. The highest BCUT2D eigenvalue weighted by molar-refractivity contribution is 7.26. The molecular formula is C123H80N4S2. The second kappa shape index (κ2) is 29.6. The van der Waals surface area contributed by atoms with E-state index in [0.29, 0.717) is 0 Å². The highest BCUT2D eigenvalue weighted by Crippen LogP contribution is 2.53. The number of nitrogens with zero attached hydrogens (tertiary/aromatic N) is 4. The molecule has 1 aliphatic carbocycles. The number of rotatable bonds is 11. The van der Waals surface area contributed by atoms with Crippen molar-refractivity contribution in [2.75, 3.05) is 9.80 Å². The molecule has 604 valence electrons. The first kappa shape index (κ1) is 74.5. The van der Waals surface area contributed by atoms with Crippen LogP contribution in [0.4, 0.5) is 34.1 Å². The third-order valence-electron chi connectivity index (χ3n) is 27.5. The molecule has 0 amide bonds. The van der Waals surface area contributed by atoms with Crippen molar-refractivity contribution in [2.24, 2.45) is 0 Å². The van der Waals surface area contributed by atoms with Crippen LogP contribution >= 0.6 is 22.7 Å². The summed E-state index contributed by atoms with van der Waals surface area (Å²) >= 11 is 3.73. The summed E-state index contributed by atoms with van der Waals surface area (Å²) in [6.07, 6.45) is 0. The Balaban J connectivity index is 0.000000140. The average molecular weight is 1680 g/mol. The molecule has 129 heavy (non-hydrogen) atoms. The van der Waals surface area contributed by atoms with E-state index in [0.717, 1.165) is 34.1 Å². The highest BCUT2D eigenvalue weighted by atomic mass is 32.1. The zero-order chi connectivity index (χ0) is 85.1. The number of para-hydroxylation sites is 3. The van der Waals surface area contributed by atoms with Crippen molar-refractivity contribution in [2.45, 2.75) is 19.3 Å². The fraction of sp³-hybridized carbons (Fsp3) is 0.0244. The van der Waals surface area contributed by atoms with E-state index >= 15 is 0 Å². The monoisotopic (exact) mass is 1680 g/mol. The lowest BCUT2D eigenvalue weighted by Gasteiger charge is -2.27.